The number of nitrogens with one attached hydrogen (secondary N) is 1. The van der Waals surface area contributed by atoms with Crippen LogP contribution in [0.3, 0.4) is 0 Å². The number of anilines is 2. The van der Waals surface area contributed by atoms with E-state index in [1.54, 1.807) is 0 Å². The Balaban J connectivity index is 1.54. The van der Waals surface area contributed by atoms with E-state index in [1.165, 1.54) is 5.56 Å². The average molecular weight is 434 g/mol. The van der Waals surface area contributed by atoms with Gasteiger partial charge in [-0.25, -0.2) is 0 Å². The Kier molecular flexibility index (Phi) is 5.74. The van der Waals surface area contributed by atoms with Crippen LogP contribution < -0.4 is 19.9 Å². The molecule has 3 aromatic rings. The lowest BCUT2D eigenvalue weighted by molar-refractivity contribution is 0.198. The highest BCUT2D eigenvalue weighted by atomic mass is 16.5. The van der Waals surface area contributed by atoms with Crippen LogP contribution in [0.1, 0.15) is 31.5 Å². The van der Waals surface area contributed by atoms with Gasteiger partial charge >= 0.3 is 6.01 Å². The number of hydrogen-bond acceptors (Lipinski definition) is 7. The number of fused-ring (bicyclic) bond motifs is 2. The number of aromatic hydroxyl groups is 1. The molecule has 0 bridgehead atoms. The number of phenols is 1. The summed E-state index contributed by atoms with van der Waals surface area (Å²) < 4.78 is 6.07. The van der Waals surface area contributed by atoms with Gasteiger partial charge in [0.25, 0.3) is 0 Å². The first kappa shape index (κ1) is 20.8. The van der Waals surface area contributed by atoms with E-state index in [1.807, 2.05) is 30.3 Å². The van der Waals surface area contributed by atoms with Crippen molar-refractivity contribution in [3.8, 4) is 11.8 Å². The first-order valence-electron chi connectivity index (χ1n) is 11.6. The van der Waals surface area contributed by atoms with E-state index in [-0.39, 0.29) is 11.9 Å². The van der Waals surface area contributed by atoms with E-state index in [0.717, 1.165) is 73.5 Å². The molecule has 0 radical (unpaired) electrons. The van der Waals surface area contributed by atoms with Crippen LogP contribution >= 0.6 is 0 Å². The van der Waals surface area contributed by atoms with Crippen molar-refractivity contribution < 1.29 is 9.84 Å². The van der Waals surface area contributed by atoms with Crippen molar-refractivity contribution in [3.05, 3.63) is 47.7 Å². The van der Waals surface area contributed by atoms with E-state index >= 15 is 0 Å². The summed E-state index contributed by atoms with van der Waals surface area (Å²) in [5.74, 6) is 1.31. The Morgan fingerprint density at radius 3 is 2.72 bits per heavy atom. The number of piperazine rings is 1. The topological polar surface area (TPSA) is 73.8 Å². The second kappa shape index (κ2) is 8.82. The summed E-state index contributed by atoms with van der Waals surface area (Å²) in [5, 5.41) is 15.9. The van der Waals surface area contributed by atoms with Crippen LogP contribution in [0, 0.1) is 0 Å². The summed E-state index contributed by atoms with van der Waals surface area (Å²) in [6.45, 7) is 9.48. The Hall–Kier alpha value is -3.06. The predicted molar refractivity (Wildman–Crippen MR) is 128 cm³/mol. The summed E-state index contributed by atoms with van der Waals surface area (Å²) >= 11 is 0. The Morgan fingerprint density at radius 1 is 1.09 bits per heavy atom. The van der Waals surface area contributed by atoms with Gasteiger partial charge in [-0.15, -0.1) is 0 Å². The van der Waals surface area contributed by atoms with E-state index in [2.05, 4.69) is 35.0 Å². The Labute approximate surface area is 189 Å². The van der Waals surface area contributed by atoms with Gasteiger partial charge in [0.15, 0.2) is 0 Å². The third kappa shape index (κ3) is 4.05. The van der Waals surface area contributed by atoms with Crippen LogP contribution in [0.15, 0.2) is 36.4 Å². The second-order valence-electron chi connectivity index (χ2n) is 8.69. The van der Waals surface area contributed by atoms with Gasteiger partial charge < -0.3 is 25.0 Å². The average Bonchev–Trinajstić information content (AvgIpc) is 2.83. The van der Waals surface area contributed by atoms with Crippen LogP contribution in [-0.2, 0) is 13.0 Å². The monoisotopic (exact) mass is 433 g/mol. The van der Waals surface area contributed by atoms with Gasteiger partial charge in [-0.3, -0.25) is 0 Å². The zero-order chi connectivity index (χ0) is 22.1. The lowest BCUT2D eigenvalue weighted by Gasteiger charge is -2.35. The first-order chi connectivity index (χ1) is 15.6. The van der Waals surface area contributed by atoms with Crippen molar-refractivity contribution in [1.82, 2.24) is 15.3 Å². The van der Waals surface area contributed by atoms with Crippen LogP contribution in [0.2, 0.25) is 0 Å². The smallest absolute Gasteiger partial charge is 0.318 e. The Morgan fingerprint density at radius 2 is 1.91 bits per heavy atom. The molecule has 2 aliphatic rings. The molecule has 7 nitrogen and oxygen atoms in total. The molecule has 2 N–H and O–H groups in total. The predicted octanol–water partition coefficient (Wildman–Crippen LogP) is 3.49. The van der Waals surface area contributed by atoms with Gasteiger partial charge in [0.05, 0.1) is 18.3 Å². The van der Waals surface area contributed by atoms with Crippen LogP contribution in [0.25, 0.3) is 10.8 Å². The highest BCUT2D eigenvalue weighted by Gasteiger charge is 2.27. The third-order valence-corrected chi connectivity index (χ3v) is 6.49. The minimum absolute atomic E-state index is 0.0682. The van der Waals surface area contributed by atoms with E-state index < -0.39 is 0 Å². The van der Waals surface area contributed by atoms with Gasteiger partial charge in [-0.1, -0.05) is 31.2 Å². The highest BCUT2D eigenvalue weighted by molar-refractivity contribution is 5.95. The van der Waals surface area contributed by atoms with Crippen LogP contribution in [0.5, 0.6) is 11.8 Å². The molecule has 168 valence electrons. The van der Waals surface area contributed by atoms with Gasteiger partial charge in [0.1, 0.15) is 11.6 Å². The number of ether oxygens (including phenoxy) is 1. The molecule has 5 rings (SSSR count). The zero-order valence-electron chi connectivity index (χ0n) is 18.8. The molecule has 0 aliphatic carbocycles. The second-order valence-corrected chi connectivity index (χ2v) is 8.69. The number of aromatic nitrogens is 2. The summed E-state index contributed by atoms with van der Waals surface area (Å²) in [6, 6.07) is 12.4. The van der Waals surface area contributed by atoms with Crippen molar-refractivity contribution in [1.29, 1.82) is 0 Å². The molecule has 1 atom stereocenters. The van der Waals surface area contributed by atoms with Crippen molar-refractivity contribution >= 4 is 22.3 Å². The fraction of sp³-hybridized carbons (Fsp3) is 0.440. The van der Waals surface area contributed by atoms with Gasteiger partial charge in [-0.05, 0) is 31.2 Å². The van der Waals surface area contributed by atoms with Crippen molar-refractivity contribution in [2.75, 3.05) is 42.5 Å². The molecule has 1 saturated heterocycles. The summed E-state index contributed by atoms with van der Waals surface area (Å²) in [7, 11) is 0. The lowest BCUT2D eigenvalue weighted by Crippen LogP contribution is -2.45. The molecule has 0 saturated carbocycles. The molecule has 32 heavy (non-hydrogen) atoms. The molecule has 0 unspecified atom stereocenters. The molecule has 3 heterocycles. The number of hydrogen-bond donors (Lipinski definition) is 2. The fourth-order valence-electron chi connectivity index (χ4n) is 4.58. The first-order valence-corrected chi connectivity index (χ1v) is 11.6. The molecular weight excluding hydrogens is 402 g/mol. The summed E-state index contributed by atoms with van der Waals surface area (Å²) in [5.41, 5.74) is 3.28. The maximum atomic E-state index is 10.3. The number of nitrogens with zero attached hydrogens (tertiary/aromatic N) is 4. The molecular formula is C25H31N5O2. The van der Waals surface area contributed by atoms with Crippen molar-refractivity contribution in [3.63, 3.8) is 0 Å². The van der Waals surface area contributed by atoms with E-state index in [0.29, 0.717) is 12.6 Å². The minimum Gasteiger partial charge on any atom is -0.508 e. The molecule has 7 heteroatoms. The molecule has 1 aromatic heterocycles. The van der Waals surface area contributed by atoms with E-state index in [4.69, 9.17) is 14.7 Å². The number of phenolic OH excluding ortho intramolecular Hbond substituents is 1. The molecule has 0 spiro atoms. The van der Waals surface area contributed by atoms with Gasteiger partial charge in [0.2, 0.25) is 0 Å². The highest BCUT2D eigenvalue weighted by Crippen LogP contribution is 2.36. The maximum Gasteiger partial charge on any atom is 0.318 e. The van der Waals surface area contributed by atoms with Crippen molar-refractivity contribution in [2.45, 2.75) is 39.3 Å². The van der Waals surface area contributed by atoms with Gasteiger partial charge in [0, 0.05) is 55.4 Å². The van der Waals surface area contributed by atoms with Crippen molar-refractivity contribution in [2.24, 2.45) is 0 Å². The largest absolute Gasteiger partial charge is 0.508 e. The third-order valence-electron chi connectivity index (χ3n) is 6.49. The van der Waals surface area contributed by atoms with E-state index in [9.17, 15) is 5.11 Å². The lowest BCUT2D eigenvalue weighted by atomic mass is 10.0. The minimum atomic E-state index is 0.0682. The van der Waals surface area contributed by atoms with Gasteiger partial charge in [-0.2, -0.15) is 9.97 Å². The van der Waals surface area contributed by atoms with Crippen LogP contribution in [-0.4, -0.2) is 53.9 Å². The summed E-state index contributed by atoms with van der Waals surface area (Å²) in [4.78, 5) is 14.4. The quantitative estimate of drug-likeness (QED) is 0.638. The zero-order valence-corrected chi connectivity index (χ0v) is 18.8. The molecule has 2 aliphatic heterocycles. The molecule has 0 amide bonds. The number of benzene rings is 2. The molecule has 2 aromatic carbocycles. The summed E-state index contributed by atoms with van der Waals surface area (Å²) in [6.07, 6.45) is 1.84. The maximum absolute atomic E-state index is 10.3. The molecule has 1 fully saturated rings. The number of rotatable bonds is 5. The Bertz CT molecular complexity index is 1110. The standard InChI is InChI=1S/C25H31N5O2/c1-3-17(2)32-25-27-22-16-30(23-15-19(31)14-18-6-4-5-7-20(18)23)11-8-21(22)24(28-25)29-12-9-26-10-13-29/h4-7,14-15,17,26,31H,3,8-13,16H2,1-2H3/t17-/m1/s1. The van der Waals surface area contributed by atoms with Crippen LogP contribution in [0.4, 0.5) is 11.5 Å². The SMILES string of the molecule is CC[C@@H](C)Oc1nc2c(c(N3CCNCC3)n1)CCN(c1cc(O)cc3ccccc13)C2. The fourth-order valence-corrected chi connectivity index (χ4v) is 4.58. The normalized spacial score (nSPS) is 17.3.